The van der Waals surface area contributed by atoms with E-state index in [2.05, 4.69) is 13.8 Å². The van der Waals surface area contributed by atoms with Crippen LogP contribution in [0.4, 0.5) is 0 Å². The van der Waals surface area contributed by atoms with Gasteiger partial charge in [-0.1, -0.05) is 33.1 Å². The lowest BCUT2D eigenvalue weighted by atomic mass is 10.0. The molecule has 0 aliphatic carbocycles. The van der Waals surface area contributed by atoms with Gasteiger partial charge in [0.1, 0.15) is 0 Å². The summed E-state index contributed by atoms with van der Waals surface area (Å²) in [4.78, 5) is 13.6. The van der Waals surface area contributed by atoms with E-state index in [4.69, 9.17) is 0 Å². The summed E-state index contributed by atoms with van der Waals surface area (Å²) in [6.45, 7) is 6.26. The fraction of sp³-hybridized carbons (Fsp3) is 0.909. The zero-order valence-corrected chi connectivity index (χ0v) is 8.88. The predicted octanol–water partition coefficient (Wildman–Crippen LogP) is 2.44. The largest absolute Gasteiger partial charge is 0.342 e. The Balaban J connectivity index is 2.13. The average Bonchev–Trinajstić information content (AvgIpc) is 2.01. The van der Waals surface area contributed by atoms with Gasteiger partial charge in [-0.3, -0.25) is 4.79 Å². The minimum Gasteiger partial charge on any atom is -0.342 e. The van der Waals surface area contributed by atoms with Gasteiger partial charge in [-0.25, -0.2) is 0 Å². The third-order valence-electron chi connectivity index (χ3n) is 2.83. The molecular formula is C11H21NO. The van der Waals surface area contributed by atoms with E-state index in [1.165, 1.54) is 25.7 Å². The van der Waals surface area contributed by atoms with Crippen LogP contribution in [0.1, 0.15) is 46.0 Å². The molecule has 2 nitrogen and oxygen atoms in total. The monoisotopic (exact) mass is 183 g/mol. The minimum atomic E-state index is 0.256. The zero-order chi connectivity index (χ0) is 9.68. The second kappa shape index (κ2) is 5.25. The van der Waals surface area contributed by atoms with Crippen LogP contribution in [0.15, 0.2) is 0 Å². The molecule has 1 fully saturated rings. The summed E-state index contributed by atoms with van der Waals surface area (Å²) in [7, 11) is 0. The summed E-state index contributed by atoms with van der Waals surface area (Å²) >= 11 is 0. The minimum absolute atomic E-state index is 0.256. The number of unbranched alkanes of at least 4 members (excludes halogenated alkanes) is 2. The SMILES string of the molecule is CCCCC[C@H](C)C(=O)N1CCC1. The Kier molecular flexibility index (Phi) is 4.26. The van der Waals surface area contributed by atoms with Gasteiger partial charge >= 0.3 is 0 Å². The molecule has 1 amide bonds. The van der Waals surface area contributed by atoms with Crippen molar-refractivity contribution in [3.63, 3.8) is 0 Å². The van der Waals surface area contributed by atoms with Crippen LogP contribution in [0, 0.1) is 5.92 Å². The first-order chi connectivity index (χ1) is 6.25. The van der Waals surface area contributed by atoms with E-state index < -0.39 is 0 Å². The molecule has 1 aliphatic heterocycles. The lowest BCUT2D eigenvalue weighted by molar-refractivity contribution is -0.138. The second-order valence-corrected chi connectivity index (χ2v) is 4.08. The number of carbonyl (C=O) groups excluding carboxylic acids is 1. The highest BCUT2D eigenvalue weighted by Gasteiger charge is 2.24. The van der Waals surface area contributed by atoms with Crippen molar-refractivity contribution in [1.82, 2.24) is 4.90 Å². The molecule has 13 heavy (non-hydrogen) atoms. The van der Waals surface area contributed by atoms with Crippen LogP contribution < -0.4 is 0 Å². The molecule has 76 valence electrons. The number of hydrogen-bond donors (Lipinski definition) is 0. The highest BCUT2D eigenvalue weighted by atomic mass is 16.2. The van der Waals surface area contributed by atoms with Crippen LogP contribution in [0.25, 0.3) is 0 Å². The molecule has 0 unspecified atom stereocenters. The summed E-state index contributed by atoms with van der Waals surface area (Å²) in [5.74, 6) is 0.634. The molecule has 0 radical (unpaired) electrons. The van der Waals surface area contributed by atoms with Crippen molar-refractivity contribution in [2.75, 3.05) is 13.1 Å². The van der Waals surface area contributed by atoms with Gasteiger partial charge in [-0.05, 0) is 12.8 Å². The van der Waals surface area contributed by atoms with Crippen molar-refractivity contribution < 1.29 is 4.79 Å². The number of carbonyl (C=O) groups is 1. The van der Waals surface area contributed by atoms with Crippen molar-refractivity contribution in [3.05, 3.63) is 0 Å². The van der Waals surface area contributed by atoms with Gasteiger partial charge in [0, 0.05) is 19.0 Å². The Morgan fingerprint density at radius 1 is 1.38 bits per heavy atom. The fourth-order valence-corrected chi connectivity index (χ4v) is 1.67. The van der Waals surface area contributed by atoms with Crippen LogP contribution in [0.2, 0.25) is 0 Å². The quantitative estimate of drug-likeness (QED) is 0.599. The summed E-state index contributed by atoms with van der Waals surface area (Å²) < 4.78 is 0. The highest BCUT2D eigenvalue weighted by molar-refractivity contribution is 5.79. The van der Waals surface area contributed by atoms with Crippen LogP contribution in [-0.4, -0.2) is 23.9 Å². The Morgan fingerprint density at radius 2 is 2.08 bits per heavy atom. The Hall–Kier alpha value is -0.530. The van der Waals surface area contributed by atoms with E-state index in [0.29, 0.717) is 5.91 Å². The summed E-state index contributed by atoms with van der Waals surface area (Å²) in [5.41, 5.74) is 0. The van der Waals surface area contributed by atoms with Gasteiger partial charge in [0.25, 0.3) is 0 Å². The molecule has 0 saturated carbocycles. The van der Waals surface area contributed by atoms with E-state index in [9.17, 15) is 4.79 Å². The van der Waals surface area contributed by atoms with Gasteiger partial charge in [-0.15, -0.1) is 0 Å². The molecule has 1 saturated heterocycles. The molecular weight excluding hydrogens is 162 g/mol. The first kappa shape index (κ1) is 10.6. The first-order valence-corrected chi connectivity index (χ1v) is 5.54. The van der Waals surface area contributed by atoms with Crippen molar-refractivity contribution in [2.45, 2.75) is 46.0 Å². The Morgan fingerprint density at radius 3 is 2.54 bits per heavy atom. The summed E-state index contributed by atoms with van der Waals surface area (Å²) in [6, 6.07) is 0. The van der Waals surface area contributed by atoms with Gasteiger partial charge in [0.2, 0.25) is 5.91 Å². The molecule has 0 N–H and O–H groups in total. The van der Waals surface area contributed by atoms with Crippen molar-refractivity contribution in [3.8, 4) is 0 Å². The van der Waals surface area contributed by atoms with Gasteiger partial charge in [-0.2, -0.15) is 0 Å². The molecule has 0 bridgehead atoms. The van der Waals surface area contributed by atoms with E-state index in [1.807, 2.05) is 4.90 Å². The topological polar surface area (TPSA) is 20.3 Å². The van der Waals surface area contributed by atoms with E-state index in [0.717, 1.165) is 19.5 Å². The molecule has 1 rings (SSSR count). The standard InChI is InChI=1S/C11H21NO/c1-3-4-5-7-10(2)11(13)12-8-6-9-12/h10H,3-9H2,1-2H3/t10-/m0/s1. The molecule has 1 heterocycles. The number of likely N-dealkylation sites (tertiary alicyclic amines) is 1. The molecule has 2 heteroatoms. The molecule has 0 aromatic carbocycles. The van der Waals surface area contributed by atoms with E-state index >= 15 is 0 Å². The molecule has 0 aromatic rings. The smallest absolute Gasteiger partial charge is 0.225 e. The Bertz CT molecular complexity index is 163. The lowest BCUT2D eigenvalue weighted by Crippen LogP contribution is -2.44. The molecule has 1 aliphatic rings. The lowest BCUT2D eigenvalue weighted by Gasteiger charge is -2.33. The van der Waals surface area contributed by atoms with Crippen molar-refractivity contribution in [1.29, 1.82) is 0 Å². The van der Waals surface area contributed by atoms with E-state index in [1.54, 1.807) is 0 Å². The maximum atomic E-state index is 11.6. The zero-order valence-electron chi connectivity index (χ0n) is 8.88. The van der Waals surface area contributed by atoms with E-state index in [-0.39, 0.29) is 5.92 Å². The molecule has 1 atom stereocenters. The van der Waals surface area contributed by atoms with Crippen LogP contribution in [0.3, 0.4) is 0 Å². The molecule has 0 spiro atoms. The normalized spacial score (nSPS) is 18.2. The maximum absolute atomic E-state index is 11.6. The van der Waals surface area contributed by atoms with Crippen LogP contribution in [0.5, 0.6) is 0 Å². The first-order valence-electron chi connectivity index (χ1n) is 5.54. The predicted molar refractivity (Wildman–Crippen MR) is 54.5 cm³/mol. The van der Waals surface area contributed by atoms with Gasteiger partial charge in [0.15, 0.2) is 0 Å². The highest BCUT2D eigenvalue weighted by Crippen LogP contribution is 2.16. The summed E-state index contributed by atoms with van der Waals surface area (Å²) in [5, 5.41) is 0. The summed E-state index contributed by atoms with van der Waals surface area (Å²) in [6.07, 6.45) is 5.98. The van der Waals surface area contributed by atoms with Crippen molar-refractivity contribution >= 4 is 5.91 Å². The van der Waals surface area contributed by atoms with Gasteiger partial charge < -0.3 is 4.90 Å². The fourth-order valence-electron chi connectivity index (χ4n) is 1.67. The number of amides is 1. The maximum Gasteiger partial charge on any atom is 0.225 e. The van der Waals surface area contributed by atoms with Crippen molar-refractivity contribution in [2.24, 2.45) is 5.92 Å². The third kappa shape index (κ3) is 3.02. The average molecular weight is 183 g/mol. The Labute approximate surface area is 81.3 Å². The van der Waals surface area contributed by atoms with Crippen LogP contribution >= 0.6 is 0 Å². The number of rotatable bonds is 5. The van der Waals surface area contributed by atoms with Crippen LogP contribution in [-0.2, 0) is 4.79 Å². The number of nitrogens with zero attached hydrogens (tertiary/aromatic N) is 1. The van der Waals surface area contributed by atoms with Gasteiger partial charge in [0.05, 0.1) is 0 Å². The third-order valence-corrected chi connectivity index (χ3v) is 2.83. The molecule has 0 aromatic heterocycles. The number of hydrogen-bond acceptors (Lipinski definition) is 1. The second-order valence-electron chi connectivity index (χ2n) is 4.08.